The van der Waals surface area contributed by atoms with E-state index in [4.69, 9.17) is 11.6 Å². The van der Waals surface area contributed by atoms with Gasteiger partial charge < -0.3 is 9.47 Å². The van der Waals surface area contributed by atoms with Crippen LogP contribution >= 0.6 is 23.4 Å². The van der Waals surface area contributed by atoms with E-state index >= 15 is 0 Å². The second-order valence-corrected chi connectivity index (χ2v) is 8.26. The molecule has 5 nitrogen and oxygen atoms in total. The minimum absolute atomic E-state index is 0.0864. The van der Waals surface area contributed by atoms with Gasteiger partial charge in [-0.1, -0.05) is 35.5 Å². The summed E-state index contributed by atoms with van der Waals surface area (Å²) in [7, 11) is 1.82. The fourth-order valence-corrected chi connectivity index (χ4v) is 4.08. The van der Waals surface area contributed by atoms with Gasteiger partial charge in [-0.05, 0) is 43.4 Å². The molecule has 2 saturated carbocycles. The number of hydrogen-bond acceptors (Lipinski definition) is 4. The predicted molar refractivity (Wildman–Crippen MR) is 98.9 cm³/mol. The fourth-order valence-electron chi connectivity index (χ4n) is 2.92. The Kier molecular flexibility index (Phi) is 4.73. The molecule has 1 aromatic carbocycles. The Hall–Kier alpha value is -1.53. The zero-order valence-electron chi connectivity index (χ0n) is 14.2. The monoisotopic (exact) mass is 376 g/mol. The van der Waals surface area contributed by atoms with Crippen molar-refractivity contribution in [3.05, 3.63) is 40.7 Å². The second-order valence-electron chi connectivity index (χ2n) is 6.88. The molecule has 25 heavy (non-hydrogen) atoms. The molecule has 0 saturated heterocycles. The lowest BCUT2D eigenvalue weighted by atomic mass is 10.2. The molecule has 132 valence electrons. The first-order chi connectivity index (χ1) is 12.1. The van der Waals surface area contributed by atoms with Gasteiger partial charge in [-0.3, -0.25) is 4.79 Å². The number of aromatic nitrogens is 3. The third-order valence-electron chi connectivity index (χ3n) is 4.60. The quantitative estimate of drug-likeness (QED) is 0.688. The van der Waals surface area contributed by atoms with Crippen molar-refractivity contribution in [1.82, 2.24) is 19.7 Å². The molecule has 7 heteroatoms. The lowest BCUT2D eigenvalue weighted by molar-refractivity contribution is -0.127. The van der Waals surface area contributed by atoms with Gasteiger partial charge in [0, 0.05) is 30.6 Å². The molecule has 0 spiro atoms. The Labute approximate surface area is 156 Å². The van der Waals surface area contributed by atoms with Crippen molar-refractivity contribution in [2.75, 3.05) is 12.8 Å². The Morgan fingerprint density at radius 1 is 1.32 bits per heavy atom. The van der Waals surface area contributed by atoms with E-state index in [2.05, 4.69) is 14.8 Å². The molecule has 1 amide bonds. The van der Waals surface area contributed by atoms with Crippen molar-refractivity contribution < 1.29 is 4.79 Å². The number of halogens is 1. The molecule has 0 unspecified atom stereocenters. The first-order valence-corrected chi connectivity index (χ1v) is 10.0. The largest absolute Gasteiger partial charge is 0.341 e. The summed E-state index contributed by atoms with van der Waals surface area (Å²) in [5.74, 6) is 2.18. The van der Waals surface area contributed by atoms with Crippen molar-refractivity contribution >= 4 is 29.3 Å². The summed E-state index contributed by atoms with van der Waals surface area (Å²) >= 11 is 7.51. The smallest absolute Gasteiger partial charge is 0.233 e. The number of hydrogen-bond donors (Lipinski definition) is 0. The number of thioether (sulfide) groups is 1. The van der Waals surface area contributed by atoms with E-state index < -0.39 is 0 Å². The van der Waals surface area contributed by atoms with E-state index in [9.17, 15) is 4.79 Å². The van der Waals surface area contributed by atoms with Crippen LogP contribution in [0.25, 0.3) is 0 Å². The summed E-state index contributed by atoms with van der Waals surface area (Å²) in [6.45, 7) is 0.558. The van der Waals surface area contributed by atoms with Crippen LogP contribution in [0.2, 0.25) is 5.02 Å². The molecule has 0 atom stereocenters. The topological polar surface area (TPSA) is 51.0 Å². The average molecular weight is 377 g/mol. The number of nitrogens with zero attached hydrogens (tertiary/aromatic N) is 4. The molecular formula is C18H21ClN4OS. The molecule has 0 aliphatic heterocycles. The van der Waals surface area contributed by atoms with E-state index in [0.717, 1.165) is 16.5 Å². The highest BCUT2D eigenvalue weighted by atomic mass is 35.5. The molecule has 4 rings (SSSR count). The number of rotatable bonds is 7. The molecule has 2 aliphatic rings. The molecule has 2 fully saturated rings. The van der Waals surface area contributed by atoms with Crippen LogP contribution in [0.5, 0.6) is 0 Å². The highest BCUT2D eigenvalue weighted by Crippen LogP contribution is 2.45. The van der Waals surface area contributed by atoms with Gasteiger partial charge in [-0.25, -0.2) is 0 Å². The molecule has 1 aromatic heterocycles. The Morgan fingerprint density at radius 3 is 2.80 bits per heavy atom. The number of carbonyl (C=O) groups is 1. The summed E-state index contributed by atoms with van der Waals surface area (Å²) in [4.78, 5) is 14.2. The third-order valence-corrected chi connectivity index (χ3v) is 5.77. The maximum absolute atomic E-state index is 12.5. The van der Waals surface area contributed by atoms with Crippen LogP contribution in [0.4, 0.5) is 0 Å². The summed E-state index contributed by atoms with van der Waals surface area (Å²) in [6, 6.07) is 8.17. The van der Waals surface area contributed by atoms with Crippen LogP contribution in [0.15, 0.2) is 29.4 Å². The molecule has 0 N–H and O–H groups in total. The summed E-state index contributed by atoms with van der Waals surface area (Å²) in [5.41, 5.74) is 1.03. The van der Waals surface area contributed by atoms with Gasteiger partial charge in [-0.15, -0.1) is 10.2 Å². The molecule has 1 heterocycles. The maximum atomic E-state index is 12.5. The number of amides is 1. The molecular weight excluding hydrogens is 356 g/mol. The van der Waals surface area contributed by atoms with E-state index in [1.165, 1.54) is 37.4 Å². The number of benzene rings is 1. The zero-order valence-corrected chi connectivity index (χ0v) is 15.8. The molecule has 2 aromatic rings. The minimum Gasteiger partial charge on any atom is -0.341 e. The second kappa shape index (κ2) is 7.00. The molecule has 2 aliphatic carbocycles. The van der Waals surface area contributed by atoms with Crippen LogP contribution in [-0.4, -0.2) is 38.4 Å². The van der Waals surface area contributed by atoms with Gasteiger partial charge in [-0.2, -0.15) is 0 Å². The van der Waals surface area contributed by atoms with E-state index in [1.54, 1.807) is 4.90 Å². The number of carbonyl (C=O) groups excluding carboxylic acids is 1. The van der Waals surface area contributed by atoms with Crippen LogP contribution in [0.1, 0.15) is 49.0 Å². The van der Waals surface area contributed by atoms with Crippen molar-refractivity contribution in [1.29, 1.82) is 0 Å². The molecule has 0 bridgehead atoms. The summed E-state index contributed by atoms with van der Waals surface area (Å²) in [6.07, 6.45) is 4.84. The van der Waals surface area contributed by atoms with Crippen LogP contribution in [0.3, 0.4) is 0 Å². The zero-order chi connectivity index (χ0) is 17.4. The van der Waals surface area contributed by atoms with Crippen molar-refractivity contribution in [3.63, 3.8) is 0 Å². The van der Waals surface area contributed by atoms with Gasteiger partial charge >= 0.3 is 0 Å². The van der Waals surface area contributed by atoms with Crippen molar-refractivity contribution in [2.24, 2.45) is 0 Å². The van der Waals surface area contributed by atoms with Crippen LogP contribution in [0, 0.1) is 0 Å². The van der Waals surface area contributed by atoms with Gasteiger partial charge in [0.2, 0.25) is 5.91 Å². The van der Waals surface area contributed by atoms with Gasteiger partial charge in [0.15, 0.2) is 5.16 Å². The summed E-state index contributed by atoms with van der Waals surface area (Å²) < 4.78 is 2.28. The van der Waals surface area contributed by atoms with E-state index in [0.29, 0.717) is 29.3 Å². The molecule has 0 radical (unpaired) electrons. The third kappa shape index (κ3) is 4.01. The van der Waals surface area contributed by atoms with Gasteiger partial charge in [0.05, 0.1) is 5.75 Å². The standard InChI is InChI=1S/C18H21ClN4OS/c1-22(10-12-3-2-4-14(19)9-12)16(24)11-25-18-21-20-17(13-5-6-13)23(18)15-7-8-15/h2-4,9,13,15H,5-8,10-11H2,1H3. The van der Waals surface area contributed by atoms with Crippen LogP contribution in [-0.2, 0) is 11.3 Å². The normalized spacial score (nSPS) is 16.9. The Balaban J connectivity index is 1.37. The Bertz CT molecular complexity index is 785. The summed E-state index contributed by atoms with van der Waals surface area (Å²) in [5, 5.41) is 10.3. The Morgan fingerprint density at radius 2 is 2.12 bits per heavy atom. The SMILES string of the molecule is CN(Cc1cccc(Cl)c1)C(=O)CSc1nnc(C2CC2)n1C1CC1. The highest BCUT2D eigenvalue weighted by molar-refractivity contribution is 7.99. The van der Waals surface area contributed by atoms with Crippen LogP contribution < -0.4 is 0 Å². The van der Waals surface area contributed by atoms with Crippen molar-refractivity contribution in [3.8, 4) is 0 Å². The first-order valence-electron chi connectivity index (χ1n) is 8.68. The lowest BCUT2D eigenvalue weighted by Crippen LogP contribution is -2.27. The lowest BCUT2D eigenvalue weighted by Gasteiger charge is -2.17. The van der Waals surface area contributed by atoms with Gasteiger partial charge in [0.1, 0.15) is 5.82 Å². The fraction of sp³-hybridized carbons (Fsp3) is 0.500. The minimum atomic E-state index is 0.0864. The first kappa shape index (κ1) is 16.9. The maximum Gasteiger partial charge on any atom is 0.233 e. The predicted octanol–water partition coefficient (Wildman–Crippen LogP) is 3.89. The van der Waals surface area contributed by atoms with Crippen molar-refractivity contribution in [2.45, 2.75) is 49.3 Å². The average Bonchev–Trinajstić information content (AvgIpc) is 3.51. The van der Waals surface area contributed by atoms with Gasteiger partial charge in [0.25, 0.3) is 0 Å². The highest BCUT2D eigenvalue weighted by Gasteiger charge is 2.36. The van der Waals surface area contributed by atoms with E-state index in [1.807, 2.05) is 31.3 Å². The van der Waals surface area contributed by atoms with E-state index in [-0.39, 0.29) is 5.91 Å².